The predicted molar refractivity (Wildman–Crippen MR) is 27.5 cm³/mol. The van der Waals surface area contributed by atoms with Crippen molar-refractivity contribution in [3.8, 4) is 0 Å². The van der Waals surface area contributed by atoms with E-state index in [1.807, 2.05) is 18.4 Å². The second-order valence-corrected chi connectivity index (χ2v) is 1.41. The molecule has 0 aromatic heterocycles. The van der Waals surface area contributed by atoms with Gasteiger partial charge in [-0.3, -0.25) is 6.29 Å². The summed E-state index contributed by atoms with van der Waals surface area (Å²) in [6.07, 6.45) is 9.12. The van der Waals surface area contributed by atoms with Crippen LogP contribution in [-0.4, -0.2) is 6.29 Å². The van der Waals surface area contributed by atoms with E-state index in [1.165, 1.54) is 0 Å². The summed E-state index contributed by atoms with van der Waals surface area (Å²) in [7, 11) is 0. The van der Waals surface area contributed by atoms with Crippen LogP contribution >= 0.6 is 0 Å². The fourth-order valence-corrected chi connectivity index (χ4v) is 0.510. The first-order chi connectivity index (χ1) is 3.43. The Hall–Kier alpha value is -0.356. The van der Waals surface area contributed by atoms with E-state index in [0.717, 1.165) is 0 Å². The molecule has 0 bridgehead atoms. The third kappa shape index (κ3) is 1.63. The van der Waals surface area contributed by atoms with Gasteiger partial charge in [0.1, 0.15) is 0 Å². The van der Waals surface area contributed by atoms with Crippen LogP contribution in [0.25, 0.3) is 0 Å². The van der Waals surface area contributed by atoms with Crippen LogP contribution in [-0.2, 0) is 21.3 Å². The first kappa shape index (κ1) is 7.64. The van der Waals surface area contributed by atoms with Crippen LogP contribution in [0.3, 0.4) is 0 Å². The molecule has 0 aromatic rings. The largest absolute Gasteiger partial charge is 0.541 e. The monoisotopic (exact) mass is 151 g/mol. The zero-order chi connectivity index (χ0) is 5.11. The molecule has 0 radical (unpaired) electrons. The average Bonchev–Trinajstić information content (AvgIpc) is 2.14. The van der Waals surface area contributed by atoms with E-state index in [4.69, 9.17) is 0 Å². The van der Waals surface area contributed by atoms with Crippen LogP contribution in [0.1, 0.15) is 0 Å². The van der Waals surface area contributed by atoms with E-state index in [-0.39, 0.29) is 22.4 Å². The molecule has 0 aromatic carbocycles. The van der Waals surface area contributed by atoms with Crippen molar-refractivity contribution >= 4 is 6.29 Å². The third-order valence-corrected chi connectivity index (χ3v) is 0.884. The SMILES string of the molecule is O=[C-]C1C=CC=C1.[Ni]. The van der Waals surface area contributed by atoms with Crippen LogP contribution < -0.4 is 0 Å². The van der Waals surface area contributed by atoms with E-state index in [0.29, 0.717) is 0 Å². The van der Waals surface area contributed by atoms with Crippen LogP contribution in [0.4, 0.5) is 0 Å². The van der Waals surface area contributed by atoms with Crippen LogP contribution in [0, 0.1) is 5.92 Å². The van der Waals surface area contributed by atoms with Crippen molar-refractivity contribution in [1.29, 1.82) is 0 Å². The van der Waals surface area contributed by atoms with Crippen molar-refractivity contribution < 1.29 is 21.3 Å². The number of hydrogen-bond donors (Lipinski definition) is 0. The summed E-state index contributed by atoms with van der Waals surface area (Å²) in [5.41, 5.74) is 0. The summed E-state index contributed by atoms with van der Waals surface area (Å²) in [5.74, 6) is -0.0694. The van der Waals surface area contributed by atoms with Gasteiger partial charge in [0, 0.05) is 16.5 Å². The molecule has 46 valence electrons. The normalized spacial score (nSPS) is 16.0. The van der Waals surface area contributed by atoms with Gasteiger partial charge in [0.25, 0.3) is 0 Å². The Kier molecular flexibility index (Phi) is 3.46. The quantitative estimate of drug-likeness (QED) is 0.401. The summed E-state index contributed by atoms with van der Waals surface area (Å²) < 4.78 is 0. The summed E-state index contributed by atoms with van der Waals surface area (Å²) in [4.78, 5) is 9.78. The standard InChI is InChI=1S/C6H5O.Ni/c7-5-6-3-1-2-4-6;/h1-4,6H;/q-1;. The molecule has 0 fully saturated rings. The number of carbonyl (C=O) groups excluding carboxylic acids is 1. The Morgan fingerprint density at radius 3 is 2.00 bits per heavy atom. The number of rotatable bonds is 1. The maximum atomic E-state index is 9.78. The van der Waals surface area contributed by atoms with E-state index in [1.54, 1.807) is 12.2 Å². The van der Waals surface area contributed by atoms with Gasteiger partial charge >= 0.3 is 0 Å². The molecule has 1 aliphatic carbocycles. The van der Waals surface area contributed by atoms with Crippen molar-refractivity contribution in [3.05, 3.63) is 24.3 Å². The molecule has 0 aliphatic heterocycles. The second-order valence-electron chi connectivity index (χ2n) is 1.41. The molecule has 0 saturated heterocycles. The molecule has 0 atom stereocenters. The Labute approximate surface area is 58.4 Å². The van der Waals surface area contributed by atoms with Crippen molar-refractivity contribution in [3.63, 3.8) is 0 Å². The van der Waals surface area contributed by atoms with Crippen molar-refractivity contribution in [2.24, 2.45) is 5.92 Å². The fourth-order valence-electron chi connectivity index (χ4n) is 0.510. The van der Waals surface area contributed by atoms with E-state index >= 15 is 0 Å². The van der Waals surface area contributed by atoms with Gasteiger partial charge in [-0.15, -0.1) is 18.1 Å². The Morgan fingerprint density at radius 2 is 1.75 bits per heavy atom. The molecule has 0 amide bonds. The van der Waals surface area contributed by atoms with Crippen LogP contribution in [0.5, 0.6) is 0 Å². The number of allylic oxidation sites excluding steroid dienone is 4. The van der Waals surface area contributed by atoms with Gasteiger partial charge in [-0.05, 0) is 0 Å². The first-order valence-electron chi connectivity index (χ1n) is 2.16. The van der Waals surface area contributed by atoms with Gasteiger partial charge in [0.05, 0.1) is 0 Å². The average molecular weight is 152 g/mol. The summed E-state index contributed by atoms with van der Waals surface area (Å²) in [6.45, 7) is 0. The summed E-state index contributed by atoms with van der Waals surface area (Å²) >= 11 is 0. The minimum atomic E-state index is -0.0694. The molecule has 0 heterocycles. The summed E-state index contributed by atoms with van der Waals surface area (Å²) in [5, 5.41) is 0. The fraction of sp³-hybridized carbons (Fsp3) is 0.167. The molecule has 1 rings (SSSR count). The minimum absolute atomic E-state index is 0. The second kappa shape index (κ2) is 3.62. The maximum absolute atomic E-state index is 9.78. The number of hydrogen-bond acceptors (Lipinski definition) is 1. The third-order valence-electron chi connectivity index (χ3n) is 0.884. The van der Waals surface area contributed by atoms with E-state index in [9.17, 15) is 4.79 Å². The van der Waals surface area contributed by atoms with Gasteiger partial charge in [-0.2, -0.15) is 0 Å². The van der Waals surface area contributed by atoms with Crippen molar-refractivity contribution in [2.45, 2.75) is 0 Å². The Balaban J connectivity index is 0.000000490. The smallest absolute Gasteiger partial charge is 0 e. The van der Waals surface area contributed by atoms with Crippen LogP contribution in [0.2, 0.25) is 0 Å². The molecular formula is C6H5NiO-. The van der Waals surface area contributed by atoms with E-state index in [2.05, 4.69) is 0 Å². The zero-order valence-electron chi connectivity index (χ0n) is 4.11. The molecule has 0 saturated carbocycles. The van der Waals surface area contributed by atoms with Gasteiger partial charge in [0.15, 0.2) is 0 Å². The van der Waals surface area contributed by atoms with Crippen molar-refractivity contribution in [2.75, 3.05) is 0 Å². The molecule has 0 spiro atoms. The van der Waals surface area contributed by atoms with E-state index < -0.39 is 0 Å². The Morgan fingerprint density at radius 1 is 1.25 bits per heavy atom. The molecule has 1 nitrogen and oxygen atoms in total. The Bertz CT molecular complexity index is 114. The molecule has 1 aliphatic rings. The first-order valence-corrected chi connectivity index (χ1v) is 2.16. The van der Waals surface area contributed by atoms with Gasteiger partial charge in [0.2, 0.25) is 0 Å². The zero-order valence-corrected chi connectivity index (χ0v) is 5.10. The van der Waals surface area contributed by atoms with Gasteiger partial charge in [-0.25, -0.2) is 0 Å². The minimum Gasteiger partial charge on any atom is -0.541 e. The van der Waals surface area contributed by atoms with Crippen LogP contribution in [0.15, 0.2) is 24.3 Å². The molecular weight excluding hydrogens is 147 g/mol. The molecule has 2 heteroatoms. The topological polar surface area (TPSA) is 17.1 Å². The van der Waals surface area contributed by atoms with Gasteiger partial charge in [-0.1, -0.05) is 12.2 Å². The van der Waals surface area contributed by atoms with Crippen molar-refractivity contribution in [1.82, 2.24) is 0 Å². The molecule has 0 unspecified atom stereocenters. The van der Waals surface area contributed by atoms with Gasteiger partial charge < -0.3 is 4.79 Å². The maximum Gasteiger partial charge on any atom is 0 e. The molecule has 8 heavy (non-hydrogen) atoms. The predicted octanol–water partition coefficient (Wildman–Crippen LogP) is 0.836. The summed E-state index contributed by atoms with van der Waals surface area (Å²) in [6, 6.07) is 0. The molecule has 0 N–H and O–H groups in total.